The minimum absolute atomic E-state index is 0.256. The Bertz CT molecular complexity index is 840. The van der Waals surface area contributed by atoms with Crippen molar-refractivity contribution in [1.29, 1.82) is 0 Å². The summed E-state index contributed by atoms with van der Waals surface area (Å²) in [6.45, 7) is 0. The minimum atomic E-state index is -2.87. The van der Waals surface area contributed by atoms with Crippen LogP contribution in [0.4, 0.5) is 0 Å². The van der Waals surface area contributed by atoms with Gasteiger partial charge in [0.2, 0.25) is 0 Å². The first-order valence-electron chi connectivity index (χ1n) is 9.46. The second-order valence-corrected chi connectivity index (χ2v) is 9.75. The van der Waals surface area contributed by atoms with Crippen LogP contribution in [0.15, 0.2) is 91.0 Å². The fraction of sp³-hybridized carbons (Fsp3) is 0.167. The second-order valence-electron chi connectivity index (χ2n) is 6.38. The van der Waals surface area contributed by atoms with Crippen LogP contribution in [0, 0.1) is 3.57 Å². The van der Waals surface area contributed by atoms with E-state index < -0.39 is 20.6 Å². The van der Waals surface area contributed by atoms with Gasteiger partial charge in [-0.25, -0.2) is 0 Å². The van der Waals surface area contributed by atoms with E-state index in [4.69, 9.17) is 6.13 Å². The molecule has 0 aliphatic carbocycles. The predicted octanol–water partition coefficient (Wildman–Crippen LogP) is 5.54. The van der Waals surface area contributed by atoms with Gasteiger partial charge in [-0.15, -0.1) is 0 Å². The summed E-state index contributed by atoms with van der Waals surface area (Å²) >= 11 is -2.87. The molecule has 0 N–H and O–H groups in total. The zero-order chi connectivity index (χ0) is 20.3. The molecule has 29 heavy (non-hydrogen) atoms. The molecule has 3 rings (SSSR count). The fourth-order valence-corrected chi connectivity index (χ4v) is 5.57. The third-order valence-corrected chi connectivity index (χ3v) is 7.66. The van der Waals surface area contributed by atoms with Crippen LogP contribution in [0.1, 0.15) is 24.0 Å². The van der Waals surface area contributed by atoms with Gasteiger partial charge in [0.1, 0.15) is 0 Å². The number of hydrogen-bond donors (Lipinski definition) is 0. The molecule has 0 atom stereocenters. The Labute approximate surface area is 179 Å². The van der Waals surface area contributed by atoms with Gasteiger partial charge in [-0.1, -0.05) is 0 Å². The zero-order valence-corrected chi connectivity index (χ0v) is 18.2. The maximum atomic E-state index is 12.4. The summed E-state index contributed by atoms with van der Waals surface area (Å²) < 4.78 is 12.1. The van der Waals surface area contributed by atoms with Crippen molar-refractivity contribution in [2.24, 2.45) is 0 Å². The summed E-state index contributed by atoms with van der Waals surface area (Å²) in [5.74, 6) is -0.669. The van der Waals surface area contributed by atoms with Crippen molar-refractivity contribution < 1.29 is 15.7 Å². The SMILES string of the molecule is O=C(CCc1ccccc1)OI(OC(=O)CCc1ccccc1)c1ccccc1. The van der Waals surface area contributed by atoms with Crippen LogP contribution >= 0.6 is 20.6 Å². The molecule has 150 valence electrons. The van der Waals surface area contributed by atoms with Crippen LogP contribution in [-0.4, -0.2) is 11.9 Å². The first kappa shape index (κ1) is 21.0. The summed E-state index contributed by atoms with van der Waals surface area (Å²) in [5, 5.41) is 0. The Hall–Kier alpha value is -2.67. The van der Waals surface area contributed by atoms with Crippen molar-refractivity contribution in [3.63, 3.8) is 0 Å². The molecule has 0 spiro atoms. The van der Waals surface area contributed by atoms with E-state index in [9.17, 15) is 9.59 Å². The summed E-state index contributed by atoms with van der Waals surface area (Å²) in [6.07, 6.45) is 1.71. The maximum absolute atomic E-state index is 12.4. The summed E-state index contributed by atoms with van der Waals surface area (Å²) in [4.78, 5) is 24.8. The molecule has 0 radical (unpaired) electrons. The van der Waals surface area contributed by atoms with Gasteiger partial charge in [0.25, 0.3) is 0 Å². The molecule has 0 heterocycles. The van der Waals surface area contributed by atoms with Crippen molar-refractivity contribution in [3.05, 3.63) is 106 Å². The average Bonchev–Trinajstić information content (AvgIpc) is 2.78. The van der Waals surface area contributed by atoms with Gasteiger partial charge >= 0.3 is 180 Å². The Kier molecular flexibility index (Phi) is 8.25. The number of benzene rings is 3. The monoisotopic (exact) mass is 502 g/mol. The van der Waals surface area contributed by atoms with Gasteiger partial charge in [0.15, 0.2) is 0 Å². The third kappa shape index (κ3) is 7.34. The number of halogens is 1. The third-order valence-electron chi connectivity index (χ3n) is 4.14. The Morgan fingerprint density at radius 3 is 1.38 bits per heavy atom. The van der Waals surface area contributed by atoms with Gasteiger partial charge in [0.05, 0.1) is 0 Å². The fourth-order valence-electron chi connectivity index (χ4n) is 2.64. The van der Waals surface area contributed by atoms with Crippen LogP contribution in [0.3, 0.4) is 0 Å². The number of hydrogen-bond acceptors (Lipinski definition) is 4. The average molecular weight is 502 g/mol. The molecule has 0 amide bonds. The van der Waals surface area contributed by atoms with E-state index in [-0.39, 0.29) is 24.8 Å². The van der Waals surface area contributed by atoms with E-state index >= 15 is 0 Å². The van der Waals surface area contributed by atoms with E-state index in [1.54, 1.807) is 0 Å². The van der Waals surface area contributed by atoms with Crippen molar-refractivity contribution >= 4 is 32.6 Å². The molecule has 0 aromatic heterocycles. The molecule has 0 fully saturated rings. The molecule has 0 aliphatic rings. The quantitative estimate of drug-likeness (QED) is 0.361. The Balaban J connectivity index is 1.57. The summed E-state index contributed by atoms with van der Waals surface area (Å²) in [5.41, 5.74) is 2.15. The molecule has 0 aliphatic heterocycles. The van der Waals surface area contributed by atoms with Crippen LogP contribution in [0.2, 0.25) is 0 Å². The van der Waals surface area contributed by atoms with E-state index in [0.29, 0.717) is 12.8 Å². The van der Waals surface area contributed by atoms with E-state index in [1.807, 2.05) is 91.0 Å². The van der Waals surface area contributed by atoms with Gasteiger partial charge < -0.3 is 0 Å². The molecule has 0 saturated carbocycles. The van der Waals surface area contributed by atoms with Crippen molar-refractivity contribution in [1.82, 2.24) is 0 Å². The number of rotatable bonds is 9. The topological polar surface area (TPSA) is 52.6 Å². The van der Waals surface area contributed by atoms with Gasteiger partial charge in [-0.05, 0) is 0 Å². The molecule has 5 heteroatoms. The molecule has 3 aromatic carbocycles. The molecule has 0 saturated heterocycles. The van der Waals surface area contributed by atoms with E-state index in [2.05, 4.69) is 0 Å². The normalized spacial score (nSPS) is 10.8. The predicted molar refractivity (Wildman–Crippen MR) is 121 cm³/mol. The molecular formula is C24H23IO4. The Morgan fingerprint density at radius 1 is 0.586 bits per heavy atom. The molecule has 4 nitrogen and oxygen atoms in total. The molecule has 3 aromatic rings. The zero-order valence-electron chi connectivity index (χ0n) is 16.0. The number of carbonyl (C=O) groups excluding carboxylic acids is 2. The van der Waals surface area contributed by atoms with E-state index in [0.717, 1.165) is 14.7 Å². The van der Waals surface area contributed by atoms with Crippen molar-refractivity contribution in [2.45, 2.75) is 25.7 Å². The van der Waals surface area contributed by atoms with Gasteiger partial charge in [0, 0.05) is 0 Å². The summed E-state index contributed by atoms with van der Waals surface area (Å²) in [6, 6.07) is 28.8. The number of aryl methyl sites for hydroxylation is 2. The molecular weight excluding hydrogens is 479 g/mol. The van der Waals surface area contributed by atoms with Crippen LogP contribution in [0.25, 0.3) is 0 Å². The Morgan fingerprint density at radius 2 is 0.966 bits per heavy atom. The number of carbonyl (C=O) groups is 2. The van der Waals surface area contributed by atoms with Crippen LogP contribution in [-0.2, 0) is 28.6 Å². The first-order valence-corrected chi connectivity index (χ1v) is 12.3. The standard InChI is InChI=1S/C24H23IO4/c26-23(18-16-20-10-4-1-5-11-20)28-25(22-14-8-3-9-15-22)29-24(27)19-17-21-12-6-2-7-13-21/h1-15H,16-19H2. The van der Waals surface area contributed by atoms with Crippen LogP contribution in [0.5, 0.6) is 0 Å². The molecule has 0 bridgehead atoms. The molecule has 0 unspecified atom stereocenters. The van der Waals surface area contributed by atoms with E-state index in [1.165, 1.54) is 0 Å². The van der Waals surface area contributed by atoms with Gasteiger partial charge in [-0.3, -0.25) is 0 Å². The van der Waals surface area contributed by atoms with Crippen molar-refractivity contribution in [3.8, 4) is 0 Å². The van der Waals surface area contributed by atoms with Crippen LogP contribution < -0.4 is 0 Å². The van der Waals surface area contributed by atoms with Crippen molar-refractivity contribution in [2.75, 3.05) is 0 Å². The summed E-state index contributed by atoms with van der Waals surface area (Å²) in [7, 11) is 0. The first-order chi connectivity index (χ1) is 14.2. The second kappa shape index (κ2) is 11.4. The van der Waals surface area contributed by atoms with Gasteiger partial charge in [-0.2, -0.15) is 0 Å².